The van der Waals surface area contributed by atoms with Crippen molar-refractivity contribution in [3.05, 3.63) is 81.7 Å². The van der Waals surface area contributed by atoms with Gasteiger partial charge in [0, 0.05) is 62.7 Å². The minimum absolute atomic E-state index is 0.0106. The number of benzene rings is 1. The number of carbonyl (C=O) groups is 3. The zero-order valence-corrected chi connectivity index (χ0v) is 25.4. The van der Waals surface area contributed by atoms with Gasteiger partial charge in [0.25, 0.3) is 5.91 Å². The number of carbonyl (C=O) groups excluding carboxylic acids is 2. The second-order valence-electron chi connectivity index (χ2n) is 11.9. The molecule has 1 aliphatic carbocycles. The molecule has 0 radical (unpaired) electrons. The summed E-state index contributed by atoms with van der Waals surface area (Å²) in [7, 11) is 0. The maximum Gasteiger partial charge on any atom is 0.341 e. The van der Waals surface area contributed by atoms with Gasteiger partial charge in [0.1, 0.15) is 17.2 Å². The highest BCUT2D eigenvalue weighted by Gasteiger charge is 2.42. The fraction of sp³-hybridized carbons (Fsp3) is 0.333. The van der Waals surface area contributed by atoms with Crippen LogP contribution in [0.5, 0.6) is 0 Å². The van der Waals surface area contributed by atoms with Crippen LogP contribution in [0.1, 0.15) is 46.0 Å². The second kappa shape index (κ2) is 11.3. The lowest BCUT2D eigenvalue weighted by atomic mass is 10.1. The monoisotopic (exact) mass is 625 g/mol. The summed E-state index contributed by atoms with van der Waals surface area (Å²) in [6.45, 7) is 5.69. The van der Waals surface area contributed by atoms with Gasteiger partial charge in [-0.2, -0.15) is 0 Å². The van der Waals surface area contributed by atoms with E-state index < -0.39 is 28.7 Å². The Morgan fingerprint density at radius 3 is 2.46 bits per heavy atom. The molecule has 1 aromatic carbocycles. The number of piperazine rings is 1. The number of hydrogen-bond donors (Lipinski definition) is 1. The molecule has 1 saturated carbocycles. The number of aryl methyl sites for hydroxylation is 2. The Hall–Kier alpha value is -5.17. The van der Waals surface area contributed by atoms with Gasteiger partial charge in [-0.25, -0.2) is 24.1 Å². The molecule has 46 heavy (non-hydrogen) atoms. The number of fused-ring (bicyclic) bond motifs is 3. The standard InChI is InChI=1S/C33H32FN7O5/c1-3-38-17-23(33(45)46)29(43)22-15-24(34)26(16-25(22)38)39-13-11-37(12-14-39)18-27(42)41-28-19(2)8-10-36-31(28)40(20-6-7-20)30-21(32(41)44)5-4-9-35-30/h4-5,8-10,15-17,20H,3,6-7,11-14,18H2,1-2H3,(H,45,46). The third-order valence-corrected chi connectivity index (χ3v) is 8.96. The van der Waals surface area contributed by atoms with E-state index in [0.29, 0.717) is 66.8 Å². The molecule has 236 valence electrons. The summed E-state index contributed by atoms with van der Waals surface area (Å²) in [4.78, 5) is 68.6. The number of pyridine rings is 3. The number of anilines is 4. The summed E-state index contributed by atoms with van der Waals surface area (Å²) < 4.78 is 17.0. The van der Waals surface area contributed by atoms with E-state index in [1.165, 1.54) is 11.1 Å². The summed E-state index contributed by atoms with van der Waals surface area (Å²) in [5.74, 6) is -1.77. The largest absolute Gasteiger partial charge is 0.477 e. The van der Waals surface area contributed by atoms with Crippen LogP contribution in [0, 0.1) is 12.7 Å². The number of imide groups is 1. The van der Waals surface area contributed by atoms with E-state index in [1.54, 1.807) is 41.2 Å². The fourth-order valence-electron chi connectivity index (χ4n) is 6.45. The molecule has 2 aliphatic heterocycles. The van der Waals surface area contributed by atoms with Crippen LogP contribution in [0.25, 0.3) is 10.9 Å². The van der Waals surface area contributed by atoms with Gasteiger partial charge in [-0.05, 0) is 62.6 Å². The van der Waals surface area contributed by atoms with Crippen molar-refractivity contribution in [2.75, 3.05) is 47.4 Å². The highest BCUT2D eigenvalue weighted by molar-refractivity contribution is 6.26. The van der Waals surface area contributed by atoms with E-state index in [2.05, 4.69) is 9.97 Å². The van der Waals surface area contributed by atoms with Crippen molar-refractivity contribution < 1.29 is 23.9 Å². The molecule has 12 nitrogen and oxygen atoms in total. The van der Waals surface area contributed by atoms with Crippen molar-refractivity contribution in [1.29, 1.82) is 0 Å². The maximum absolute atomic E-state index is 15.4. The van der Waals surface area contributed by atoms with Crippen LogP contribution >= 0.6 is 0 Å². The topological polar surface area (TPSA) is 132 Å². The highest BCUT2D eigenvalue weighted by Crippen LogP contribution is 2.45. The van der Waals surface area contributed by atoms with Crippen molar-refractivity contribution in [1.82, 2.24) is 19.4 Å². The Bertz CT molecular complexity index is 1980. The van der Waals surface area contributed by atoms with E-state index in [4.69, 9.17) is 0 Å². The summed E-state index contributed by atoms with van der Waals surface area (Å²) in [6.07, 6.45) is 6.49. The molecule has 13 heteroatoms. The molecule has 0 spiro atoms. The minimum Gasteiger partial charge on any atom is -0.477 e. The Kier molecular flexibility index (Phi) is 7.27. The lowest BCUT2D eigenvalue weighted by Crippen LogP contribution is -2.51. The van der Waals surface area contributed by atoms with Crippen molar-refractivity contribution in [3.63, 3.8) is 0 Å². The number of rotatable bonds is 6. The Morgan fingerprint density at radius 2 is 1.76 bits per heavy atom. The lowest BCUT2D eigenvalue weighted by molar-refractivity contribution is -0.119. The number of nitrogens with zero attached hydrogens (tertiary/aromatic N) is 7. The van der Waals surface area contributed by atoms with Gasteiger partial charge in [0.05, 0.1) is 29.0 Å². The third-order valence-electron chi connectivity index (χ3n) is 8.96. The van der Waals surface area contributed by atoms with Gasteiger partial charge in [-0.15, -0.1) is 0 Å². The van der Waals surface area contributed by atoms with Crippen molar-refractivity contribution >= 4 is 51.7 Å². The molecular weight excluding hydrogens is 593 g/mol. The van der Waals surface area contributed by atoms with Gasteiger partial charge < -0.3 is 19.5 Å². The van der Waals surface area contributed by atoms with Crippen LogP contribution in [-0.2, 0) is 11.3 Å². The molecule has 2 fully saturated rings. The van der Waals surface area contributed by atoms with Crippen LogP contribution in [0.4, 0.5) is 27.4 Å². The van der Waals surface area contributed by atoms with Gasteiger partial charge in [-0.3, -0.25) is 19.3 Å². The quantitative estimate of drug-likeness (QED) is 0.339. The number of amides is 2. The molecule has 0 unspecified atom stereocenters. The van der Waals surface area contributed by atoms with Gasteiger partial charge in [-0.1, -0.05) is 0 Å². The number of carboxylic acid groups (broad SMARTS) is 1. The van der Waals surface area contributed by atoms with Crippen molar-refractivity contribution in [2.45, 2.75) is 39.3 Å². The first-order valence-electron chi connectivity index (χ1n) is 15.3. The smallest absolute Gasteiger partial charge is 0.341 e. The third kappa shape index (κ3) is 4.87. The lowest BCUT2D eigenvalue weighted by Gasteiger charge is -2.36. The molecule has 7 rings (SSSR count). The molecular formula is C33H32FN7O5. The van der Waals surface area contributed by atoms with E-state index in [1.807, 2.05) is 28.5 Å². The fourth-order valence-corrected chi connectivity index (χ4v) is 6.45. The van der Waals surface area contributed by atoms with E-state index in [-0.39, 0.29) is 23.9 Å². The van der Waals surface area contributed by atoms with Crippen LogP contribution in [0.3, 0.4) is 0 Å². The van der Waals surface area contributed by atoms with E-state index in [0.717, 1.165) is 24.5 Å². The number of hydrogen-bond acceptors (Lipinski definition) is 9. The minimum atomic E-state index is -1.36. The zero-order chi connectivity index (χ0) is 32.3. The first-order chi connectivity index (χ1) is 22.2. The molecule has 0 bridgehead atoms. The average molecular weight is 626 g/mol. The SMILES string of the molecule is CCn1cc(C(=O)O)c(=O)c2cc(F)c(N3CCN(CC(=O)N4C(=O)c5cccnc5N(C5CC5)c5nccc(C)c54)CC3)cc21. The molecule has 3 aliphatic rings. The second-order valence-corrected chi connectivity index (χ2v) is 11.9. The number of aromatic nitrogens is 3. The predicted octanol–water partition coefficient (Wildman–Crippen LogP) is 3.57. The molecule has 1 N–H and O–H groups in total. The average Bonchev–Trinajstić information content (AvgIpc) is 3.89. The van der Waals surface area contributed by atoms with Crippen LogP contribution in [-0.4, -0.2) is 81.1 Å². The zero-order valence-electron chi connectivity index (χ0n) is 25.4. The van der Waals surface area contributed by atoms with Crippen LogP contribution in [0.15, 0.2) is 53.7 Å². The molecule has 3 aromatic heterocycles. The van der Waals surface area contributed by atoms with Gasteiger partial charge in [0.15, 0.2) is 5.82 Å². The summed E-state index contributed by atoms with van der Waals surface area (Å²) in [6, 6.07) is 8.02. The maximum atomic E-state index is 15.4. The van der Waals surface area contributed by atoms with Crippen LogP contribution < -0.4 is 20.1 Å². The van der Waals surface area contributed by atoms with E-state index >= 15 is 4.39 Å². The van der Waals surface area contributed by atoms with Crippen LogP contribution in [0.2, 0.25) is 0 Å². The summed E-state index contributed by atoms with van der Waals surface area (Å²) in [5.41, 5.74) is 1.17. The molecule has 5 heterocycles. The number of halogens is 1. The normalized spacial score (nSPS) is 16.8. The summed E-state index contributed by atoms with van der Waals surface area (Å²) >= 11 is 0. The summed E-state index contributed by atoms with van der Waals surface area (Å²) in [5, 5.41) is 9.45. The van der Waals surface area contributed by atoms with E-state index in [9.17, 15) is 24.3 Å². The predicted molar refractivity (Wildman–Crippen MR) is 170 cm³/mol. The highest BCUT2D eigenvalue weighted by atomic mass is 19.1. The Labute approximate surface area is 263 Å². The molecule has 1 saturated heterocycles. The van der Waals surface area contributed by atoms with Gasteiger partial charge >= 0.3 is 5.97 Å². The first kappa shape index (κ1) is 29.5. The van der Waals surface area contributed by atoms with Crippen molar-refractivity contribution in [3.8, 4) is 0 Å². The Morgan fingerprint density at radius 1 is 1.02 bits per heavy atom. The Balaban J connectivity index is 1.14. The van der Waals surface area contributed by atoms with Crippen molar-refractivity contribution in [2.24, 2.45) is 0 Å². The molecule has 0 atom stereocenters. The first-order valence-corrected chi connectivity index (χ1v) is 15.3. The number of aromatic carboxylic acids is 1. The van der Waals surface area contributed by atoms with Gasteiger partial charge in [0.2, 0.25) is 11.3 Å². The number of carboxylic acids is 1. The molecule has 2 amide bonds. The molecule has 4 aromatic rings.